The van der Waals surface area contributed by atoms with Gasteiger partial charge in [0.1, 0.15) is 5.82 Å². The first-order valence-electron chi connectivity index (χ1n) is 12.8. The van der Waals surface area contributed by atoms with Gasteiger partial charge in [0.15, 0.2) is 0 Å². The van der Waals surface area contributed by atoms with Gasteiger partial charge in [-0.3, -0.25) is 4.72 Å². The molecule has 0 spiro atoms. The minimum Gasteiger partial charge on any atom is -0.369 e. The maximum Gasteiger partial charge on any atom is 0.229 e. The summed E-state index contributed by atoms with van der Waals surface area (Å²) < 4.78 is 3.48. The number of hydrogen-bond donors (Lipinski definition) is 3. The van der Waals surface area contributed by atoms with Crippen molar-refractivity contribution in [2.24, 2.45) is 0 Å². The predicted molar refractivity (Wildman–Crippen MR) is 152 cm³/mol. The van der Waals surface area contributed by atoms with Crippen molar-refractivity contribution in [2.45, 2.75) is 50.5 Å². The first-order valence-corrected chi connectivity index (χ1v) is 13.7. The number of likely N-dealkylation sites (N-methyl/N-ethyl adjacent to an activating group) is 1. The molecule has 1 saturated heterocycles. The number of benzene rings is 2. The summed E-state index contributed by atoms with van der Waals surface area (Å²) in [7, 11) is 2.18. The Bertz CT molecular complexity index is 1180. The second-order valence-electron chi connectivity index (χ2n) is 10.7. The molecule has 0 unspecified atom stereocenters. The van der Waals surface area contributed by atoms with Crippen molar-refractivity contribution >= 4 is 40.8 Å². The van der Waals surface area contributed by atoms with E-state index in [1.807, 2.05) is 0 Å². The molecule has 1 aliphatic heterocycles. The lowest BCUT2D eigenvalue weighted by atomic mass is 10.1. The van der Waals surface area contributed by atoms with Crippen molar-refractivity contribution in [1.82, 2.24) is 19.6 Å². The fraction of sp³-hybridized carbons (Fsp3) is 0.429. The molecule has 2 heterocycles. The molecule has 36 heavy (non-hydrogen) atoms. The van der Waals surface area contributed by atoms with Gasteiger partial charge in [-0.1, -0.05) is 6.07 Å². The second-order valence-corrected chi connectivity index (χ2v) is 11.6. The van der Waals surface area contributed by atoms with Gasteiger partial charge >= 0.3 is 0 Å². The summed E-state index contributed by atoms with van der Waals surface area (Å²) in [6.45, 7) is 10.8. The highest BCUT2D eigenvalue weighted by Gasteiger charge is 2.20. The van der Waals surface area contributed by atoms with Crippen LogP contribution < -0.4 is 20.3 Å². The van der Waals surface area contributed by atoms with E-state index >= 15 is 0 Å². The molecule has 2 aliphatic rings. The first kappa shape index (κ1) is 24.9. The Balaban J connectivity index is 1.31. The van der Waals surface area contributed by atoms with Crippen molar-refractivity contribution < 1.29 is 0 Å². The van der Waals surface area contributed by atoms with Crippen LogP contribution in [0.2, 0.25) is 0 Å². The van der Waals surface area contributed by atoms with Gasteiger partial charge in [-0.2, -0.15) is 4.98 Å². The zero-order valence-corrected chi connectivity index (χ0v) is 22.6. The number of aryl methyl sites for hydroxylation is 1. The number of anilines is 5. The molecule has 7 nitrogen and oxygen atoms in total. The van der Waals surface area contributed by atoms with Gasteiger partial charge < -0.3 is 20.4 Å². The highest BCUT2D eigenvalue weighted by Crippen LogP contribution is 2.32. The first-order chi connectivity index (χ1) is 17.3. The molecule has 1 aromatic heterocycles. The molecule has 3 aromatic rings. The van der Waals surface area contributed by atoms with Crippen LogP contribution in [0.4, 0.5) is 28.8 Å². The number of piperazine rings is 1. The number of hydrogen-bond acceptors (Lipinski definition) is 8. The van der Waals surface area contributed by atoms with Gasteiger partial charge in [-0.25, -0.2) is 4.98 Å². The van der Waals surface area contributed by atoms with Crippen LogP contribution in [-0.2, 0) is 12.8 Å². The molecule has 1 aliphatic carbocycles. The third kappa shape index (κ3) is 6.30. The second kappa shape index (κ2) is 10.7. The molecule has 3 N–H and O–H groups in total. The fourth-order valence-corrected chi connectivity index (χ4v) is 5.28. The molecular weight excluding hydrogens is 466 g/mol. The minimum absolute atomic E-state index is 0.0465. The maximum atomic E-state index is 4.90. The van der Waals surface area contributed by atoms with E-state index in [9.17, 15) is 0 Å². The minimum atomic E-state index is 0.0465. The Labute approximate surface area is 219 Å². The molecule has 1 fully saturated rings. The van der Waals surface area contributed by atoms with Crippen molar-refractivity contribution in [2.75, 3.05) is 48.8 Å². The van der Waals surface area contributed by atoms with E-state index in [1.54, 1.807) is 11.9 Å². The van der Waals surface area contributed by atoms with Crippen LogP contribution in [0.5, 0.6) is 0 Å². The zero-order chi connectivity index (χ0) is 25.1. The van der Waals surface area contributed by atoms with E-state index in [1.165, 1.54) is 16.1 Å². The summed E-state index contributed by atoms with van der Waals surface area (Å²) in [5.74, 6) is 1.55. The summed E-state index contributed by atoms with van der Waals surface area (Å²) in [5.41, 5.74) is 5.73. The van der Waals surface area contributed by atoms with Crippen LogP contribution >= 0.6 is 11.9 Å². The normalized spacial score (nSPS) is 16.2. The topological polar surface area (TPSA) is 68.3 Å². The zero-order valence-electron chi connectivity index (χ0n) is 21.8. The number of nitrogens with one attached hydrogen (secondary N) is 3. The summed E-state index contributed by atoms with van der Waals surface area (Å²) >= 11 is 1.65. The summed E-state index contributed by atoms with van der Waals surface area (Å²) in [4.78, 5) is 15.7. The lowest BCUT2D eigenvalue weighted by Crippen LogP contribution is -2.44. The molecule has 0 saturated carbocycles. The Morgan fingerprint density at radius 1 is 0.861 bits per heavy atom. The van der Waals surface area contributed by atoms with Crippen LogP contribution in [0.15, 0.2) is 53.4 Å². The van der Waals surface area contributed by atoms with Crippen molar-refractivity contribution in [3.8, 4) is 0 Å². The molecule has 0 atom stereocenters. The molecule has 190 valence electrons. The van der Waals surface area contributed by atoms with Gasteiger partial charge in [0.25, 0.3) is 0 Å². The third-order valence-electron chi connectivity index (χ3n) is 6.50. The Hall–Kier alpha value is -2.81. The van der Waals surface area contributed by atoms with Crippen LogP contribution in [0.3, 0.4) is 0 Å². The van der Waals surface area contributed by atoms with Crippen LogP contribution in [-0.4, -0.2) is 53.6 Å². The summed E-state index contributed by atoms with van der Waals surface area (Å²) in [5, 5.41) is 7.02. The van der Waals surface area contributed by atoms with Crippen molar-refractivity contribution in [3.63, 3.8) is 0 Å². The Morgan fingerprint density at radius 3 is 2.39 bits per heavy atom. The molecule has 8 heteroatoms. The highest BCUT2D eigenvalue weighted by molar-refractivity contribution is 7.97. The average molecular weight is 504 g/mol. The maximum absolute atomic E-state index is 4.90. The van der Waals surface area contributed by atoms with Gasteiger partial charge in [0, 0.05) is 59.2 Å². The Morgan fingerprint density at radius 2 is 1.64 bits per heavy atom. The number of aromatic nitrogens is 2. The summed E-state index contributed by atoms with van der Waals surface area (Å²) in [6, 6.07) is 17.1. The quantitative estimate of drug-likeness (QED) is 0.360. The Kier molecular flexibility index (Phi) is 7.37. The number of nitrogens with zero attached hydrogens (tertiary/aromatic N) is 4. The van der Waals surface area contributed by atoms with Crippen LogP contribution in [0.1, 0.15) is 38.4 Å². The molecule has 0 radical (unpaired) electrons. The van der Waals surface area contributed by atoms with Gasteiger partial charge in [0.2, 0.25) is 5.95 Å². The number of fused-ring (bicyclic) bond motifs is 1. The van der Waals surface area contributed by atoms with E-state index in [4.69, 9.17) is 9.97 Å². The molecule has 0 bridgehead atoms. The van der Waals surface area contributed by atoms with Crippen LogP contribution in [0, 0.1) is 0 Å². The van der Waals surface area contributed by atoms with E-state index in [0.717, 1.165) is 68.3 Å². The average Bonchev–Trinajstić information content (AvgIpc) is 3.33. The van der Waals surface area contributed by atoms with E-state index in [-0.39, 0.29) is 5.54 Å². The summed E-state index contributed by atoms with van der Waals surface area (Å²) in [6.07, 6.45) is 3.12. The van der Waals surface area contributed by atoms with Gasteiger partial charge in [-0.15, -0.1) is 0 Å². The van der Waals surface area contributed by atoms with Crippen LogP contribution in [0.25, 0.3) is 0 Å². The fourth-order valence-electron chi connectivity index (χ4n) is 4.53. The largest absolute Gasteiger partial charge is 0.369 e. The molecule has 5 rings (SSSR count). The van der Waals surface area contributed by atoms with E-state index < -0.39 is 0 Å². The SMILES string of the molecule is CN1CCN(c2ccc(Nc3nc4c(c(Nc5cccc(SNC(C)(C)C)c5)n3)CCC4)cc2)CC1. The lowest BCUT2D eigenvalue weighted by molar-refractivity contribution is 0.313. The number of rotatable bonds is 7. The predicted octanol–water partition coefficient (Wildman–Crippen LogP) is 5.60. The van der Waals surface area contributed by atoms with E-state index in [0.29, 0.717) is 5.95 Å². The molecular formula is C28H37N7S. The molecule has 0 amide bonds. The van der Waals surface area contributed by atoms with Crippen molar-refractivity contribution in [1.29, 1.82) is 0 Å². The molecule has 2 aromatic carbocycles. The van der Waals surface area contributed by atoms with Crippen molar-refractivity contribution in [3.05, 3.63) is 59.8 Å². The van der Waals surface area contributed by atoms with Gasteiger partial charge in [-0.05, 0) is 101 Å². The monoisotopic (exact) mass is 503 g/mol. The lowest BCUT2D eigenvalue weighted by Gasteiger charge is -2.34. The smallest absolute Gasteiger partial charge is 0.229 e. The third-order valence-corrected chi connectivity index (χ3v) is 7.70. The van der Waals surface area contributed by atoms with Gasteiger partial charge in [0.05, 0.1) is 5.69 Å². The highest BCUT2D eigenvalue weighted by atomic mass is 32.2. The van der Waals surface area contributed by atoms with E-state index in [2.05, 4.69) is 102 Å². The standard InChI is InChI=1S/C28H37N7S/c1-28(2,3)33-36-23-8-5-7-21(19-23)29-26-24-9-6-10-25(24)31-27(32-26)30-20-11-13-22(14-12-20)35-17-15-34(4)16-18-35/h5,7-8,11-14,19,33H,6,9-10,15-18H2,1-4H3,(H2,29,30,31,32).